The lowest BCUT2D eigenvalue weighted by Gasteiger charge is -2.33. The fourth-order valence-corrected chi connectivity index (χ4v) is 3.46. The highest BCUT2D eigenvalue weighted by Gasteiger charge is 2.29. The number of β-amino-alcohol motifs (C(OH)–C–C–N with tert-alkyl or cyclic N) is 1. The Kier molecular flexibility index (Phi) is 6.21. The number of amides is 1. The van der Waals surface area contributed by atoms with E-state index in [4.69, 9.17) is 21.1 Å². The lowest BCUT2D eigenvalue weighted by molar-refractivity contribution is -0.116. The summed E-state index contributed by atoms with van der Waals surface area (Å²) in [7, 11) is 3.19. The highest BCUT2D eigenvalue weighted by atomic mass is 35.5. The third-order valence-corrected chi connectivity index (χ3v) is 4.90. The summed E-state index contributed by atoms with van der Waals surface area (Å²) in [5.41, 5.74) is 2.37. The minimum atomic E-state index is -0.696. The van der Waals surface area contributed by atoms with E-state index in [0.29, 0.717) is 48.3 Å². The smallest absolute Gasteiger partial charge is 0.225 e. The van der Waals surface area contributed by atoms with E-state index in [2.05, 4.69) is 5.32 Å². The molecule has 0 aromatic heterocycles. The zero-order chi connectivity index (χ0) is 19.4. The van der Waals surface area contributed by atoms with Crippen molar-refractivity contribution in [2.24, 2.45) is 0 Å². The molecule has 3 rings (SSSR count). The number of hydrogen-bond donors (Lipinski definition) is 2. The molecule has 144 valence electrons. The number of benzene rings is 2. The largest absolute Gasteiger partial charge is 0.496 e. The Labute approximate surface area is 163 Å². The normalized spacial score (nSPS) is 16.5. The number of carbonyl (C=O) groups excluding carboxylic acids is 1. The van der Waals surface area contributed by atoms with Crippen LogP contribution < -0.4 is 14.8 Å². The van der Waals surface area contributed by atoms with E-state index in [-0.39, 0.29) is 5.91 Å². The van der Waals surface area contributed by atoms with Gasteiger partial charge in [-0.05, 0) is 36.4 Å². The van der Waals surface area contributed by atoms with Crippen LogP contribution in [0.5, 0.6) is 11.5 Å². The van der Waals surface area contributed by atoms with Crippen LogP contribution in [-0.2, 0) is 11.3 Å². The molecule has 7 heteroatoms. The number of fused-ring (bicyclic) bond motifs is 1. The van der Waals surface area contributed by atoms with Crippen LogP contribution in [0.1, 0.15) is 23.7 Å². The molecule has 6 nitrogen and oxygen atoms in total. The Bertz CT molecular complexity index is 810. The summed E-state index contributed by atoms with van der Waals surface area (Å²) in [6, 6.07) is 10.6. The molecule has 1 aliphatic rings. The van der Waals surface area contributed by atoms with Gasteiger partial charge >= 0.3 is 0 Å². The monoisotopic (exact) mass is 390 g/mol. The van der Waals surface area contributed by atoms with Crippen LogP contribution in [0.2, 0.25) is 5.02 Å². The molecule has 1 atom stereocenters. The Morgan fingerprint density at radius 1 is 1.19 bits per heavy atom. The van der Waals surface area contributed by atoms with Crippen LogP contribution in [0.15, 0.2) is 36.4 Å². The van der Waals surface area contributed by atoms with Crippen molar-refractivity contribution in [2.75, 3.05) is 32.6 Å². The van der Waals surface area contributed by atoms with Gasteiger partial charge in [0.05, 0.1) is 20.3 Å². The van der Waals surface area contributed by atoms with E-state index in [0.717, 1.165) is 11.1 Å². The average molecular weight is 391 g/mol. The molecule has 0 radical (unpaired) electrons. The summed E-state index contributed by atoms with van der Waals surface area (Å²) in [6.45, 7) is 1.54. The molecule has 0 bridgehead atoms. The van der Waals surface area contributed by atoms with Gasteiger partial charge in [0.1, 0.15) is 11.5 Å². The number of carbonyl (C=O) groups is 1. The molecule has 0 fully saturated rings. The summed E-state index contributed by atoms with van der Waals surface area (Å²) in [6.07, 6.45) is -0.380. The molecule has 1 aliphatic heterocycles. The number of ether oxygens (including phenoxy) is 2. The molecule has 0 saturated heterocycles. The second kappa shape index (κ2) is 8.61. The predicted octanol–water partition coefficient (Wildman–Crippen LogP) is 3.24. The highest BCUT2D eigenvalue weighted by molar-refractivity contribution is 6.30. The molecule has 2 N–H and O–H groups in total. The molecular formula is C20H23ClN2O4. The molecule has 27 heavy (non-hydrogen) atoms. The van der Waals surface area contributed by atoms with E-state index in [1.165, 1.54) is 0 Å². The lowest BCUT2D eigenvalue weighted by atomic mass is 9.95. The van der Waals surface area contributed by atoms with E-state index in [9.17, 15) is 9.90 Å². The number of nitrogens with zero attached hydrogens (tertiary/aromatic N) is 1. The number of aliphatic hydroxyl groups is 1. The molecule has 1 heterocycles. The lowest BCUT2D eigenvalue weighted by Crippen LogP contribution is -2.36. The van der Waals surface area contributed by atoms with Crippen molar-refractivity contribution in [2.45, 2.75) is 19.1 Å². The standard InChI is InChI=1S/C20H23ClN2O4/c1-26-17-7-8-18(27-2)20-15(17)11-23(12-16(20)24)10-9-19(25)22-14-5-3-13(21)4-6-14/h3-8,16,24H,9-12H2,1-2H3,(H,22,25)/t16-/m1/s1. The van der Waals surface area contributed by atoms with Crippen LogP contribution in [0.25, 0.3) is 0 Å². The fraction of sp³-hybridized carbons (Fsp3) is 0.350. The fourth-order valence-electron chi connectivity index (χ4n) is 3.33. The van der Waals surface area contributed by atoms with Gasteiger partial charge in [-0.2, -0.15) is 0 Å². The summed E-state index contributed by atoms with van der Waals surface area (Å²) in [4.78, 5) is 14.3. The maximum Gasteiger partial charge on any atom is 0.225 e. The van der Waals surface area contributed by atoms with Crippen LogP contribution in [0, 0.1) is 0 Å². The second-order valence-electron chi connectivity index (χ2n) is 6.42. The van der Waals surface area contributed by atoms with Gasteiger partial charge in [0, 0.05) is 47.9 Å². The summed E-state index contributed by atoms with van der Waals surface area (Å²) in [5.74, 6) is 1.27. The summed E-state index contributed by atoms with van der Waals surface area (Å²) < 4.78 is 10.8. The van der Waals surface area contributed by atoms with Gasteiger partial charge in [-0.15, -0.1) is 0 Å². The molecular weight excluding hydrogens is 368 g/mol. The average Bonchev–Trinajstić information content (AvgIpc) is 2.67. The van der Waals surface area contributed by atoms with Crippen molar-refractivity contribution in [3.63, 3.8) is 0 Å². The van der Waals surface area contributed by atoms with Gasteiger partial charge in [0.25, 0.3) is 0 Å². The zero-order valence-corrected chi connectivity index (χ0v) is 16.1. The van der Waals surface area contributed by atoms with Crippen LogP contribution in [0.3, 0.4) is 0 Å². The summed E-state index contributed by atoms with van der Waals surface area (Å²) >= 11 is 5.85. The zero-order valence-electron chi connectivity index (χ0n) is 15.4. The number of hydrogen-bond acceptors (Lipinski definition) is 5. The summed E-state index contributed by atoms with van der Waals surface area (Å²) in [5, 5.41) is 14.1. The maximum atomic E-state index is 12.2. The number of methoxy groups -OCH3 is 2. The van der Waals surface area contributed by atoms with Gasteiger partial charge < -0.3 is 19.9 Å². The van der Waals surface area contributed by atoms with Crippen molar-refractivity contribution in [1.29, 1.82) is 0 Å². The molecule has 0 unspecified atom stereocenters. The molecule has 1 amide bonds. The SMILES string of the molecule is COc1ccc(OC)c2c1CN(CCC(=O)Nc1ccc(Cl)cc1)C[C@H]2O. The van der Waals surface area contributed by atoms with Gasteiger partial charge in [0.2, 0.25) is 5.91 Å². The predicted molar refractivity (Wildman–Crippen MR) is 104 cm³/mol. The topological polar surface area (TPSA) is 71.0 Å². The maximum absolute atomic E-state index is 12.2. The third-order valence-electron chi connectivity index (χ3n) is 4.64. The van der Waals surface area contributed by atoms with Gasteiger partial charge in [0.15, 0.2) is 0 Å². The second-order valence-corrected chi connectivity index (χ2v) is 6.85. The van der Waals surface area contributed by atoms with Crippen molar-refractivity contribution in [1.82, 2.24) is 4.90 Å². The van der Waals surface area contributed by atoms with Crippen molar-refractivity contribution >= 4 is 23.2 Å². The first kappa shape index (κ1) is 19.5. The molecule has 0 saturated carbocycles. The number of aliphatic hydroxyl groups excluding tert-OH is 1. The molecule has 2 aromatic rings. The van der Waals surface area contributed by atoms with Crippen molar-refractivity contribution < 1.29 is 19.4 Å². The Balaban J connectivity index is 1.64. The first-order valence-electron chi connectivity index (χ1n) is 8.71. The first-order valence-corrected chi connectivity index (χ1v) is 9.09. The van der Waals surface area contributed by atoms with E-state index in [1.54, 1.807) is 44.6 Å². The number of nitrogens with one attached hydrogen (secondary N) is 1. The highest BCUT2D eigenvalue weighted by Crippen LogP contribution is 2.39. The first-order chi connectivity index (χ1) is 13.0. The van der Waals surface area contributed by atoms with E-state index < -0.39 is 6.10 Å². The number of halogens is 1. The molecule has 0 spiro atoms. The van der Waals surface area contributed by atoms with Crippen molar-refractivity contribution in [3.8, 4) is 11.5 Å². The van der Waals surface area contributed by atoms with Crippen LogP contribution in [0.4, 0.5) is 5.69 Å². The molecule has 2 aromatic carbocycles. The Morgan fingerprint density at radius 2 is 1.85 bits per heavy atom. The Hall–Kier alpha value is -2.28. The minimum absolute atomic E-state index is 0.0878. The minimum Gasteiger partial charge on any atom is -0.496 e. The number of rotatable bonds is 6. The van der Waals surface area contributed by atoms with Crippen molar-refractivity contribution in [3.05, 3.63) is 52.5 Å². The van der Waals surface area contributed by atoms with Crippen LogP contribution >= 0.6 is 11.6 Å². The van der Waals surface area contributed by atoms with E-state index in [1.807, 2.05) is 11.0 Å². The molecule has 0 aliphatic carbocycles. The number of anilines is 1. The van der Waals surface area contributed by atoms with Crippen LogP contribution in [-0.4, -0.2) is 43.2 Å². The third kappa shape index (κ3) is 4.53. The van der Waals surface area contributed by atoms with E-state index >= 15 is 0 Å². The van der Waals surface area contributed by atoms with Gasteiger partial charge in [-0.3, -0.25) is 9.69 Å². The Morgan fingerprint density at radius 3 is 2.52 bits per heavy atom. The van der Waals surface area contributed by atoms with Gasteiger partial charge in [-0.25, -0.2) is 0 Å². The van der Waals surface area contributed by atoms with Gasteiger partial charge in [-0.1, -0.05) is 11.6 Å². The quantitative estimate of drug-likeness (QED) is 0.792.